The number of hydrogen-bond acceptors (Lipinski definition) is 3. The normalized spacial score (nSPS) is 11.1. The van der Waals surface area contributed by atoms with Crippen molar-refractivity contribution in [2.45, 2.75) is 12.3 Å². The molecule has 0 saturated heterocycles. The van der Waals surface area contributed by atoms with E-state index in [0.717, 1.165) is 11.1 Å². The lowest BCUT2D eigenvalue weighted by Crippen LogP contribution is -2.04. The molecule has 3 aromatic rings. The van der Waals surface area contributed by atoms with Crippen molar-refractivity contribution in [3.8, 4) is 16.9 Å². The number of hydrogen-bond donors (Lipinski definition) is 0. The molecule has 1 heterocycles. The molecule has 0 atom stereocenters. The highest BCUT2D eigenvalue weighted by Crippen LogP contribution is 2.37. The van der Waals surface area contributed by atoms with E-state index in [9.17, 15) is 0 Å². The first-order valence-electron chi connectivity index (χ1n) is 7.52. The Labute approximate surface area is 149 Å². The molecule has 0 unspecified atom stereocenters. The molecular weight excluding hydrogens is 372 g/mol. The Morgan fingerprint density at radius 2 is 1.91 bits per heavy atom. The van der Waals surface area contributed by atoms with Gasteiger partial charge in [-0.1, -0.05) is 28.1 Å². The fourth-order valence-electron chi connectivity index (χ4n) is 2.64. The summed E-state index contributed by atoms with van der Waals surface area (Å²) in [4.78, 5) is 0. The Kier molecular flexibility index (Phi) is 5.36. The molecule has 0 N–H and O–H groups in total. The van der Waals surface area contributed by atoms with Gasteiger partial charge in [0.2, 0.25) is 0 Å². The third kappa shape index (κ3) is 3.60. The lowest BCUT2D eigenvalue weighted by atomic mass is 9.99. The van der Waals surface area contributed by atoms with Crippen LogP contribution in [0, 0.1) is 6.92 Å². The van der Waals surface area contributed by atoms with Gasteiger partial charge in [-0.2, -0.15) is 0 Å². The number of benzene rings is 2. The molecule has 0 aliphatic rings. The zero-order chi connectivity index (χ0) is 16.2. The molecule has 3 rings (SSSR count). The summed E-state index contributed by atoms with van der Waals surface area (Å²) in [7, 11) is 1.68. The highest BCUT2D eigenvalue weighted by Gasteiger charge is 2.10. The third-order valence-electron chi connectivity index (χ3n) is 3.84. The Morgan fingerprint density at radius 1 is 1.04 bits per heavy atom. The van der Waals surface area contributed by atoms with Gasteiger partial charge in [-0.25, -0.2) is 0 Å². The van der Waals surface area contributed by atoms with Gasteiger partial charge in [-0.05, 0) is 53.3 Å². The van der Waals surface area contributed by atoms with Crippen LogP contribution in [-0.2, 0) is 10.1 Å². The van der Waals surface area contributed by atoms with Crippen LogP contribution in [0.5, 0.6) is 5.75 Å². The summed E-state index contributed by atoms with van der Waals surface area (Å²) in [5, 5.41) is 4.45. The molecule has 0 aliphatic heterocycles. The van der Waals surface area contributed by atoms with E-state index in [4.69, 9.17) is 9.47 Å². The summed E-state index contributed by atoms with van der Waals surface area (Å²) in [6.45, 7) is 3.31. The maximum absolute atomic E-state index is 5.69. The first-order valence-corrected chi connectivity index (χ1v) is 9.52. The van der Waals surface area contributed by atoms with Gasteiger partial charge in [-0.3, -0.25) is 0 Å². The zero-order valence-electron chi connectivity index (χ0n) is 13.3. The number of alkyl halides is 1. The van der Waals surface area contributed by atoms with Gasteiger partial charge in [0, 0.05) is 28.1 Å². The Hall–Kier alpha value is -1.36. The molecule has 23 heavy (non-hydrogen) atoms. The highest BCUT2D eigenvalue weighted by atomic mass is 79.9. The summed E-state index contributed by atoms with van der Waals surface area (Å²) >= 11 is 5.34. The van der Waals surface area contributed by atoms with Gasteiger partial charge in [0.05, 0.1) is 6.61 Å². The second kappa shape index (κ2) is 7.47. The van der Waals surface area contributed by atoms with Crippen molar-refractivity contribution in [1.82, 2.24) is 0 Å². The predicted molar refractivity (Wildman–Crippen MR) is 102 cm³/mol. The lowest BCUT2D eigenvalue weighted by molar-refractivity contribution is 0.146. The van der Waals surface area contributed by atoms with E-state index in [0.29, 0.717) is 13.2 Å². The number of methoxy groups -OCH3 is 1. The van der Waals surface area contributed by atoms with Crippen LogP contribution in [-0.4, -0.2) is 20.3 Å². The maximum Gasteiger partial charge on any atom is 0.119 e. The monoisotopic (exact) mass is 390 g/mol. The number of ether oxygens (including phenoxy) is 2. The van der Waals surface area contributed by atoms with E-state index in [1.165, 1.54) is 32.3 Å². The Morgan fingerprint density at radius 3 is 2.65 bits per heavy atom. The van der Waals surface area contributed by atoms with Crippen LogP contribution in [0.15, 0.2) is 41.8 Å². The van der Waals surface area contributed by atoms with Crippen LogP contribution in [0.1, 0.15) is 11.1 Å². The quantitative estimate of drug-likeness (QED) is 0.391. The smallest absolute Gasteiger partial charge is 0.119 e. The Bertz CT molecular complexity index is 810. The van der Waals surface area contributed by atoms with Crippen molar-refractivity contribution >= 4 is 37.4 Å². The molecule has 2 aromatic carbocycles. The number of thiophene rings is 1. The number of rotatable bonds is 6. The summed E-state index contributed by atoms with van der Waals surface area (Å²) in [5.41, 5.74) is 5.09. The summed E-state index contributed by atoms with van der Waals surface area (Å²) in [6, 6.07) is 12.9. The van der Waals surface area contributed by atoms with Gasteiger partial charge >= 0.3 is 0 Å². The van der Waals surface area contributed by atoms with Crippen LogP contribution in [0.25, 0.3) is 21.2 Å². The number of halogens is 1. The Balaban J connectivity index is 1.95. The number of aryl methyl sites for hydroxylation is 1. The highest BCUT2D eigenvalue weighted by molar-refractivity contribution is 9.08. The van der Waals surface area contributed by atoms with Gasteiger partial charge < -0.3 is 9.47 Å². The largest absolute Gasteiger partial charge is 0.491 e. The van der Waals surface area contributed by atoms with Crippen LogP contribution in [0.4, 0.5) is 0 Å². The third-order valence-corrected chi connectivity index (χ3v) is 5.45. The first kappa shape index (κ1) is 16.5. The zero-order valence-corrected chi connectivity index (χ0v) is 15.7. The molecule has 0 aliphatic carbocycles. The van der Waals surface area contributed by atoms with Crippen molar-refractivity contribution in [3.05, 3.63) is 52.9 Å². The minimum absolute atomic E-state index is 0.575. The molecule has 4 heteroatoms. The molecular formula is C19H19BrO2S. The van der Waals surface area contributed by atoms with Crippen molar-refractivity contribution in [1.29, 1.82) is 0 Å². The molecule has 0 amide bonds. The summed E-state index contributed by atoms with van der Waals surface area (Å²) in [5.74, 6) is 0.893. The van der Waals surface area contributed by atoms with E-state index in [1.807, 2.05) is 6.07 Å². The molecule has 120 valence electrons. The predicted octanol–water partition coefficient (Wildman–Crippen LogP) is 5.80. The van der Waals surface area contributed by atoms with Gasteiger partial charge in [0.15, 0.2) is 0 Å². The SMILES string of the molecule is COCCOc1ccc(-c2csc3ccc(CBr)cc23)c(C)c1. The molecule has 1 aromatic heterocycles. The van der Waals surface area contributed by atoms with E-state index in [-0.39, 0.29) is 0 Å². The average molecular weight is 391 g/mol. The van der Waals surface area contributed by atoms with Crippen LogP contribution >= 0.6 is 27.3 Å². The number of fused-ring (bicyclic) bond motifs is 1. The van der Waals surface area contributed by atoms with Crippen molar-refractivity contribution in [3.63, 3.8) is 0 Å². The minimum Gasteiger partial charge on any atom is -0.491 e. The van der Waals surface area contributed by atoms with Gasteiger partial charge in [0.25, 0.3) is 0 Å². The fourth-order valence-corrected chi connectivity index (χ4v) is 3.93. The van der Waals surface area contributed by atoms with Crippen LogP contribution in [0.3, 0.4) is 0 Å². The molecule has 2 nitrogen and oxygen atoms in total. The van der Waals surface area contributed by atoms with E-state index in [2.05, 4.69) is 58.6 Å². The van der Waals surface area contributed by atoms with Crippen molar-refractivity contribution in [2.24, 2.45) is 0 Å². The van der Waals surface area contributed by atoms with Gasteiger partial charge in [-0.15, -0.1) is 11.3 Å². The lowest BCUT2D eigenvalue weighted by Gasteiger charge is -2.10. The minimum atomic E-state index is 0.575. The van der Waals surface area contributed by atoms with Crippen LogP contribution in [0.2, 0.25) is 0 Å². The summed E-state index contributed by atoms with van der Waals surface area (Å²) in [6.07, 6.45) is 0. The molecule has 0 saturated carbocycles. The van der Waals surface area contributed by atoms with E-state index >= 15 is 0 Å². The topological polar surface area (TPSA) is 18.5 Å². The second-order valence-corrected chi connectivity index (χ2v) is 6.90. The first-order chi connectivity index (χ1) is 11.2. The average Bonchev–Trinajstić information content (AvgIpc) is 2.98. The van der Waals surface area contributed by atoms with Crippen molar-refractivity contribution < 1.29 is 9.47 Å². The molecule has 0 bridgehead atoms. The second-order valence-electron chi connectivity index (χ2n) is 5.43. The molecule has 0 radical (unpaired) electrons. The van der Waals surface area contributed by atoms with Crippen LogP contribution < -0.4 is 4.74 Å². The fraction of sp³-hybridized carbons (Fsp3) is 0.263. The van der Waals surface area contributed by atoms with E-state index in [1.54, 1.807) is 18.4 Å². The van der Waals surface area contributed by atoms with Crippen molar-refractivity contribution in [2.75, 3.05) is 20.3 Å². The molecule has 0 fully saturated rings. The van der Waals surface area contributed by atoms with E-state index < -0.39 is 0 Å². The maximum atomic E-state index is 5.69. The standard InChI is InChI=1S/C19H19BrO2S/c1-13-9-15(22-8-7-21-2)4-5-16(13)18-12-23-19-6-3-14(11-20)10-17(18)19/h3-6,9-10,12H,7-8,11H2,1-2H3. The molecule has 0 spiro atoms. The summed E-state index contributed by atoms with van der Waals surface area (Å²) < 4.78 is 12.0. The van der Waals surface area contributed by atoms with Gasteiger partial charge in [0.1, 0.15) is 12.4 Å².